The maximum absolute atomic E-state index is 13.2. The molecule has 144 valence electrons. The molecule has 1 aromatic carbocycles. The van der Waals surface area contributed by atoms with Crippen LogP contribution in [0.4, 0.5) is 13.2 Å². The van der Waals surface area contributed by atoms with Gasteiger partial charge in [-0.1, -0.05) is 0 Å². The number of hydrogen-bond acceptors (Lipinski definition) is 6. The number of carbonyl (C=O) groups excluding carboxylic acids is 2. The van der Waals surface area contributed by atoms with Crippen LogP contribution in [0.25, 0.3) is 0 Å². The van der Waals surface area contributed by atoms with E-state index in [4.69, 9.17) is 14.2 Å². The van der Waals surface area contributed by atoms with Crippen molar-refractivity contribution in [1.29, 1.82) is 0 Å². The third-order valence-corrected chi connectivity index (χ3v) is 4.76. The molecule has 9 heteroatoms. The van der Waals surface area contributed by atoms with Crippen LogP contribution in [-0.2, 0) is 16.0 Å². The normalized spacial score (nSPS) is 19.9. The summed E-state index contributed by atoms with van der Waals surface area (Å²) in [6.07, 6.45) is -0.444. The molecular formula is C17H19F3O5S. The predicted molar refractivity (Wildman–Crippen MR) is 89.8 cm³/mol. The number of halogens is 3. The van der Waals surface area contributed by atoms with E-state index in [-0.39, 0.29) is 22.6 Å². The Labute approximate surface area is 153 Å². The van der Waals surface area contributed by atoms with E-state index >= 15 is 0 Å². The maximum atomic E-state index is 13.2. The molecule has 0 spiro atoms. The van der Waals surface area contributed by atoms with Crippen LogP contribution >= 0.6 is 11.8 Å². The first-order valence-electron chi connectivity index (χ1n) is 7.63. The Morgan fingerprint density at radius 1 is 1.12 bits per heavy atom. The SMILES string of the molecule is COc1cc2c(cc1OC)C(=O)C(SC(F)(F)F)(C(=O)OC(C)(C)C)C2. The molecule has 1 atom stereocenters. The predicted octanol–water partition coefficient (Wildman–Crippen LogP) is 3.78. The highest BCUT2D eigenvalue weighted by molar-refractivity contribution is 8.03. The van der Waals surface area contributed by atoms with Crippen molar-refractivity contribution in [2.75, 3.05) is 14.2 Å². The number of Topliss-reactive ketones (excluding diaryl/α,β-unsaturated/α-hetero) is 1. The lowest BCUT2D eigenvalue weighted by molar-refractivity contribution is -0.156. The Morgan fingerprint density at radius 3 is 2.12 bits per heavy atom. The molecule has 0 saturated carbocycles. The van der Waals surface area contributed by atoms with Crippen molar-refractivity contribution in [2.45, 2.75) is 43.0 Å². The fraction of sp³-hybridized carbons (Fsp3) is 0.529. The van der Waals surface area contributed by atoms with E-state index in [1.807, 2.05) is 0 Å². The summed E-state index contributed by atoms with van der Waals surface area (Å²) in [6, 6.07) is 2.70. The highest BCUT2D eigenvalue weighted by atomic mass is 32.2. The van der Waals surface area contributed by atoms with E-state index in [1.54, 1.807) is 0 Å². The molecule has 5 nitrogen and oxygen atoms in total. The monoisotopic (exact) mass is 392 g/mol. The molecular weight excluding hydrogens is 373 g/mol. The Morgan fingerprint density at radius 2 is 1.65 bits per heavy atom. The van der Waals surface area contributed by atoms with Crippen LogP contribution in [-0.4, -0.2) is 41.8 Å². The molecule has 0 bridgehead atoms. The van der Waals surface area contributed by atoms with Crippen molar-refractivity contribution in [1.82, 2.24) is 0 Å². The lowest BCUT2D eigenvalue weighted by atomic mass is 10.0. The van der Waals surface area contributed by atoms with Crippen LogP contribution in [0.5, 0.6) is 11.5 Å². The third-order valence-electron chi connectivity index (χ3n) is 3.68. The molecule has 0 aromatic heterocycles. The number of rotatable bonds is 4. The summed E-state index contributed by atoms with van der Waals surface area (Å²) in [4.78, 5) is 25.5. The van der Waals surface area contributed by atoms with Gasteiger partial charge >= 0.3 is 11.5 Å². The Bertz CT molecular complexity index is 739. The summed E-state index contributed by atoms with van der Waals surface area (Å²) in [5.41, 5.74) is -5.58. The molecule has 1 aliphatic carbocycles. The van der Waals surface area contributed by atoms with Crippen LogP contribution in [0, 0.1) is 0 Å². The molecule has 2 rings (SSSR count). The first kappa shape index (κ1) is 20.4. The van der Waals surface area contributed by atoms with Gasteiger partial charge in [0.15, 0.2) is 22.0 Å². The fourth-order valence-corrected chi connectivity index (χ4v) is 3.64. The number of carbonyl (C=O) groups is 2. The summed E-state index contributed by atoms with van der Waals surface area (Å²) in [6.45, 7) is 4.57. The fourth-order valence-electron chi connectivity index (χ4n) is 2.69. The van der Waals surface area contributed by atoms with Crippen molar-refractivity contribution in [3.8, 4) is 11.5 Å². The van der Waals surface area contributed by atoms with Gasteiger partial charge in [0.1, 0.15) is 5.60 Å². The van der Waals surface area contributed by atoms with Gasteiger partial charge in [-0.05, 0) is 50.2 Å². The topological polar surface area (TPSA) is 61.8 Å². The Hall–Kier alpha value is -1.90. The van der Waals surface area contributed by atoms with Gasteiger partial charge in [0.05, 0.1) is 14.2 Å². The van der Waals surface area contributed by atoms with Gasteiger partial charge in [0.2, 0.25) is 0 Å². The average Bonchev–Trinajstić information content (AvgIpc) is 2.75. The zero-order valence-electron chi connectivity index (χ0n) is 14.9. The van der Waals surface area contributed by atoms with Crippen LogP contribution in [0.3, 0.4) is 0 Å². The Balaban J connectivity index is 2.56. The van der Waals surface area contributed by atoms with Crippen molar-refractivity contribution in [3.05, 3.63) is 23.3 Å². The summed E-state index contributed by atoms with van der Waals surface area (Å²) in [5.74, 6) is -1.72. The van der Waals surface area contributed by atoms with E-state index < -0.39 is 45.8 Å². The van der Waals surface area contributed by atoms with Gasteiger partial charge in [-0.25, -0.2) is 0 Å². The number of fused-ring (bicyclic) bond motifs is 1. The smallest absolute Gasteiger partial charge is 0.443 e. The molecule has 1 aliphatic rings. The van der Waals surface area contributed by atoms with Gasteiger partial charge in [0.25, 0.3) is 0 Å². The Kier molecular flexibility index (Phi) is 5.24. The first-order valence-corrected chi connectivity index (χ1v) is 8.44. The largest absolute Gasteiger partial charge is 0.493 e. The van der Waals surface area contributed by atoms with Crippen LogP contribution in [0.2, 0.25) is 0 Å². The van der Waals surface area contributed by atoms with Gasteiger partial charge < -0.3 is 14.2 Å². The zero-order valence-corrected chi connectivity index (χ0v) is 15.8. The second-order valence-corrected chi connectivity index (χ2v) is 8.11. The van der Waals surface area contributed by atoms with Crippen molar-refractivity contribution in [2.24, 2.45) is 0 Å². The molecule has 0 N–H and O–H groups in total. The minimum atomic E-state index is -4.80. The van der Waals surface area contributed by atoms with E-state index in [9.17, 15) is 22.8 Å². The van der Waals surface area contributed by atoms with Crippen LogP contribution < -0.4 is 9.47 Å². The van der Waals surface area contributed by atoms with Crippen LogP contribution in [0.15, 0.2) is 12.1 Å². The lowest BCUT2D eigenvalue weighted by Gasteiger charge is -2.29. The molecule has 0 amide bonds. The zero-order chi connectivity index (χ0) is 19.9. The highest BCUT2D eigenvalue weighted by Crippen LogP contribution is 2.50. The van der Waals surface area contributed by atoms with Gasteiger partial charge in [-0.3, -0.25) is 9.59 Å². The van der Waals surface area contributed by atoms with Crippen molar-refractivity contribution >= 4 is 23.5 Å². The lowest BCUT2D eigenvalue weighted by Crippen LogP contribution is -2.47. The van der Waals surface area contributed by atoms with E-state index in [0.29, 0.717) is 0 Å². The summed E-state index contributed by atoms with van der Waals surface area (Å²) >= 11 is -0.654. The molecule has 0 heterocycles. The summed E-state index contributed by atoms with van der Waals surface area (Å²) < 4.78 is 52.5. The number of esters is 1. The number of methoxy groups -OCH3 is 2. The number of ether oxygens (including phenoxy) is 3. The number of thioether (sulfide) groups is 1. The molecule has 0 radical (unpaired) electrons. The molecule has 1 unspecified atom stereocenters. The maximum Gasteiger partial charge on any atom is 0.443 e. The molecule has 1 aromatic rings. The van der Waals surface area contributed by atoms with Crippen LogP contribution in [0.1, 0.15) is 36.7 Å². The standard InChI is InChI=1S/C17H19F3O5S/c1-15(2,3)25-14(22)16(26-17(18,19)20)8-9-6-11(23-4)12(24-5)7-10(9)13(16)21/h6-7H,8H2,1-5H3. The van der Waals surface area contributed by atoms with E-state index in [0.717, 1.165) is 0 Å². The molecule has 0 fully saturated rings. The average molecular weight is 392 g/mol. The third kappa shape index (κ3) is 3.92. The van der Waals surface area contributed by atoms with Crippen molar-refractivity contribution in [3.63, 3.8) is 0 Å². The minimum Gasteiger partial charge on any atom is -0.493 e. The molecule has 0 aliphatic heterocycles. The summed E-state index contributed by atoms with van der Waals surface area (Å²) in [7, 11) is 2.71. The number of hydrogen-bond donors (Lipinski definition) is 0. The number of ketones is 1. The van der Waals surface area contributed by atoms with Gasteiger partial charge in [0, 0.05) is 12.0 Å². The van der Waals surface area contributed by atoms with E-state index in [2.05, 4.69) is 0 Å². The second-order valence-electron chi connectivity index (χ2n) is 6.75. The number of benzene rings is 1. The van der Waals surface area contributed by atoms with Gasteiger partial charge in [-0.2, -0.15) is 13.2 Å². The van der Waals surface area contributed by atoms with E-state index in [1.165, 1.54) is 47.1 Å². The number of alkyl halides is 3. The van der Waals surface area contributed by atoms with Gasteiger partial charge in [-0.15, -0.1) is 0 Å². The first-order chi connectivity index (χ1) is 11.8. The summed E-state index contributed by atoms with van der Waals surface area (Å²) in [5, 5.41) is 0. The molecule has 26 heavy (non-hydrogen) atoms. The minimum absolute atomic E-state index is 0.00902. The second kappa shape index (κ2) is 6.68. The quantitative estimate of drug-likeness (QED) is 0.574. The highest BCUT2D eigenvalue weighted by Gasteiger charge is 2.60. The molecule has 0 saturated heterocycles. The van der Waals surface area contributed by atoms with Crippen molar-refractivity contribution < 1.29 is 37.0 Å².